The molecule has 0 saturated heterocycles. The number of carboxylic acid groups (broad SMARTS) is 1. The van der Waals surface area contributed by atoms with E-state index in [1.54, 1.807) is 18.2 Å². The van der Waals surface area contributed by atoms with Crippen LogP contribution in [-0.2, 0) is 16.0 Å². The van der Waals surface area contributed by atoms with Crippen molar-refractivity contribution >= 4 is 33.9 Å². The second kappa shape index (κ2) is 10.9. The Labute approximate surface area is 171 Å². The van der Waals surface area contributed by atoms with Crippen LogP contribution in [0.15, 0.2) is 58.6 Å². The van der Waals surface area contributed by atoms with Gasteiger partial charge in [-0.3, -0.25) is 4.79 Å². The van der Waals surface area contributed by atoms with Crippen molar-refractivity contribution in [3.63, 3.8) is 0 Å². The fourth-order valence-corrected chi connectivity index (χ4v) is 2.92. The highest BCUT2D eigenvalue weighted by atomic mass is 79.9. The van der Waals surface area contributed by atoms with Crippen LogP contribution in [0.5, 0.6) is 5.75 Å². The summed E-state index contributed by atoms with van der Waals surface area (Å²) in [5.74, 6) is -1.15. The number of hydrogen-bond acceptors (Lipinski definition) is 4. The van der Waals surface area contributed by atoms with E-state index in [9.17, 15) is 14.9 Å². The predicted molar refractivity (Wildman–Crippen MR) is 109 cm³/mol. The molecule has 0 aliphatic carbocycles. The van der Waals surface area contributed by atoms with Crippen LogP contribution in [0.25, 0.3) is 6.08 Å². The van der Waals surface area contributed by atoms with Crippen LogP contribution in [0.2, 0.25) is 0 Å². The van der Waals surface area contributed by atoms with Gasteiger partial charge in [0.15, 0.2) is 6.61 Å². The lowest BCUT2D eigenvalue weighted by atomic mass is 10.1. The van der Waals surface area contributed by atoms with Crippen LogP contribution in [-0.4, -0.2) is 30.1 Å². The summed E-state index contributed by atoms with van der Waals surface area (Å²) in [7, 11) is 0. The van der Waals surface area contributed by atoms with E-state index in [0.29, 0.717) is 22.3 Å². The van der Waals surface area contributed by atoms with E-state index in [2.05, 4.69) is 21.2 Å². The Morgan fingerprint density at radius 3 is 2.61 bits per heavy atom. The maximum atomic E-state index is 12.2. The van der Waals surface area contributed by atoms with Gasteiger partial charge in [0.25, 0.3) is 5.91 Å². The molecule has 0 atom stereocenters. The monoisotopic (exact) mass is 442 g/mol. The third kappa shape index (κ3) is 6.89. The molecule has 144 valence electrons. The highest BCUT2D eigenvalue weighted by molar-refractivity contribution is 9.10. The fraction of sp³-hybridized carbons (Fsp3) is 0.190. The summed E-state index contributed by atoms with van der Waals surface area (Å²) in [6, 6.07) is 16.7. The second-order valence-corrected chi connectivity index (χ2v) is 6.74. The summed E-state index contributed by atoms with van der Waals surface area (Å²) >= 11 is 3.29. The van der Waals surface area contributed by atoms with E-state index in [1.807, 2.05) is 36.4 Å². The molecule has 0 spiro atoms. The van der Waals surface area contributed by atoms with E-state index < -0.39 is 18.5 Å². The van der Waals surface area contributed by atoms with Gasteiger partial charge < -0.3 is 15.2 Å². The third-order valence-corrected chi connectivity index (χ3v) is 4.37. The van der Waals surface area contributed by atoms with Gasteiger partial charge in [-0.25, -0.2) is 4.79 Å². The van der Waals surface area contributed by atoms with Gasteiger partial charge in [0.1, 0.15) is 17.4 Å². The molecule has 2 N–H and O–H groups in total. The number of hydrogen-bond donors (Lipinski definition) is 2. The number of amides is 1. The van der Waals surface area contributed by atoms with Crippen molar-refractivity contribution < 1.29 is 19.4 Å². The number of carbonyl (C=O) groups excluding carboxylic acids is 1. The topological polar surface area (TPSA) is 99.4 Å². The van der Waals surface area contributed by atoms with Gasteiger partial charge in [-0.15, -0.1) is 0 Å². The molecule has 0 radical (unpaired) electrons. The van der Waals surface area contributed by atoms with Crippen molar-refractivity contribution in [1.29, 1.82) is 5.26 Å². The van der Waals surface area contributed by atoms with Crippen LogP contribution in [0, 0.1) is 11.3 Å². The summed E-state index contributed by atoms with van der Waals surface area (Å²) in [6.07, 6.45) is 3.09. The molecule has 0 bridgehead atoms. The average molecular weight is 443 g/mol. The molecule has 0 unspecified atom stereocenters. The first-order valence-electron chi connectivity index (χ1n) is 8.57. The molecule has 2 aromatic carbocycles. The van der Waals surface area contributed by atoms with E-state index in [1.165, 1.54) is 11.6 Å². The van der Waals surface area contributed by atoms with E-state index in [0.717, 1.165) is 12.8 Å². The molecule has 0 aliphatic rings. The largest absolute Gasteiger partial charge is 0.481 e. The zero-order valence-corrected chi connectivity index (χ0v) is 16.6. The van der Waals surface area contributed by atoms with E-state index in [-0.39, 0.29) is 5.57 Å². The molecule has 0 saturated carbocycles. The highest BCUT2D eigenvalue weighted by Gasteiger charge is 2.10. The predicted octanol–water partition coefficient (Wildman–Crippen LogP) is 3.57. The summed E-state index contributed by atoms with van der Waals surface area (Å²) in [5.41, 5.74) is 1.80. The number of aliphatic carboxylic acids is 1. The number of nitrogens with one attached hydrogen (secondary N) is 1. The van der Waals surface area contributed by atoms with Crippen molar-refractivity contribution in [3.8, 4) is 11.8 Å². The lowest BCUT2D eigenvalue weighted by molar-refractivity contribution is -0.139. The summed E-state index contributed by atoms with van der Waals surface area (Å²) in [6.45, 7) is 0.0149. The first-order valence-corrected chi connectivity index (χ1v) is 9.37. The quantitative estimate of drug-likeness (QED) is 0.351. The van der Waals surface area contributed by atoms with Crippen LogP contribution in [0.3, 0.4) is 0 Å². The molecular formula is C21H19BrN2O4. The van der Waals surface area contributed by atoms with Crippen molar-refractivity contribution in [3.05, 3.63) is 69.7 Å². The molecule has 28 heavy (non-hydrogen) atoms. The first-order chi connectivity index (χ1) is 13.5. The minimum Gasteiger partial charge on any atom is -0.481 e. The normalized spacial score (nSPS) is 10.8. The van der Waals surface area contributed by atoms with E-state index in [4.69, 9.17) is 9.84 Å². The van der Waals surface area contributed by atoms with Gasteiger partial charge in [0.2, 0.25) is 0 Å². The summed E-state index contributed by atoms with van der Waals surface area (Å²) < 4.78 is 5.65. The molecule has 7 heteroatoms. The minimum absolute atomic E-state index is 0.00850. The Bertz CT molecular complexity index is 904. The number of aryl methyl sites for hydroxylation is 1. The Balaban J connectivity index is 1.92. The number of rotatable bonds is 9. The summed E-state index contributed by atoms with van der Waals surface area (Å²) in [5, 5.41) is 20.7. The third-order valence-electron chi connectivity index (χ3n) is 3.75. The number of benzene rings is 2. The second-order valence-electron chi connectivity index (χ2n) is 5.89. The molecule has 0 aromatic heterocycles. The molecule has 0 aliphatic heterocycles. The number of halogens is 1. The van der Waals surface area contributed by atoms with Crippen LogP contribution < -0.4 is 10.1 Å². The Kier molecular flexibility index (Phi) is 8.25. The molecule has 6 nitrogen and oxygen atoms in total. The summed E-state index contributed by atoms with van der Waals surface area (Å²) in [4.78, 5) is 22.8. The average Bonchev–Trinajstić information content (AvgIpc) is 2.69. The van der Waals surface area contributed by atoms with Gasteiger partial charge in [-0.1, -0.05) is 36.4 Å². The first kappa shape index (κ1) is 21.2. The van der Waals surface area contributed by atoms with Gasteiger partial charge >= 0.3 is 5.97 Å². The molecule has 2 rings (SSSR count). The fourth-order valence-electron chi connectivity index (χ4n) is 2.41. The van der Waals surface area contributed by atoms with Crippen molar-refractivity contribution in [1.82, 2.24) is 5.32 Å². The SMILES string of the molecule is N#C/C(=C/c1ccc(OCC(=O)O)c(Br)c1)C(=O)NCCCc1ccccc1. The number of carbonyl (C=O) groups is 2. The van der Waals surface area contributed by atoms with Gasteiger partial charge in [0, 0.05) is 6.54 Å². The van der Waals surface area contributed by atoms with E-state index >= 15 is 0 Å². The Hall–Kier alpha value is -3.11. The maximum Gasteiger partial charge on any atom is 0.341 e. The molecule has 1 amide bonds. The minimum atomic E-state index is -1.08. The highest BCUT2D eigenvalue weighted by Crippen LogP contribution is 2.27. The van der Waals surface area contributed by atoms with Crippen LogP contribution >= 0.6 is 15.9 Å². The van der Waals surface area contributed by atoms with Gasteiger partial charge in [0.05, 0.1) is 4.47 Å². The van der Waals surface area contributed by atoms with Crippen LogP contribution in [0.4, 0.5) is 0 Å². The number of nitriles is 1. The number of ether oxygens (including phenoxy) is 1. The maximum absolute atomic E-state index is 12.2. The zero-order chi connectivity index (χ0) is 20.4. The number of nitrogens with zero attached hydrogens (tertiary/aromatic N) is 1. The van der Waals surface area contributed by atoms with Crippen molar-refractivity contribution in [2.75, 3.05) is 13.2 Å². The molecule has 0 heterocycles. The van der Waals surface area contributed by atoms with Gasteiger partial charge in [-0.2, -0.15) is 5.26 Å². The smallest absolute Gasteiger partial charge is 0.341 e. The molecule has 0 fully saturated rings. The van der Waals surface area contributed by atoms with Crippen molar-refractivity contribution in [2.24, 2.45) is 0 Å². The Morgan fingerprint density at radius 1 is 1.21 bits per heavy atom. The zero-order valence-electron chi connectivity index (χ0n) is 15.0. The standard InChI is InChI=1S/C21H19BrN2O4/c22-18-12-16(8-9-19(18)28-14-20(25)26)11-17(13-23)21(27)24-10-4-7-15-5-2-1-3-6-15/h1-3,5-6,8-9,11-12H,4,7,10,14H2,(H,24,27)(H,25,26)/b17-11-. The van der Waals surface area contributed by atoms with Crippen LogP contribution in [0.1, 0.15) is 17.5 Å². The van der Waals surface area contributed by atoms with Gasteiger partial charge in [-0.05, 0) is 58.1 Å². The lowest BCUT2D eigenvalue weighted by Gasteiger charge is -2.07. The molecular weight excluding hydrogens is 424 g/mol. The lowest BCUT2D eigenvalue weighted by Crippen LogP contribution is -2.25. The Morgan fingerprint density at radius 2 is 1.96 bits per heavy atom. The number of carboxylic acids is 1. The van der Waals surface area contributed by atoms with Crippen molar-refractivity contribution in [2.45, 2.75) is 12.8 Å². The molecule has 2 aromatic rings.